The third-order valence-corrected chi connectivity index (χ3v) is 2.47. The maximum Gasteiger partial charge on any atom is 0.229 e. The zero-order valence-electron chi connectivity index (χ0n) is 10.7. The van der Waals surface area contributed by atoms with Crippen LogP contribution in [0.15, 0.2) is 0 Å². The molecule has 0 aliphatic heterocycles. The highest BCUT2D eigenvalue weighted by molar-refractivity contribution is 7.81. The number of hydrogen-bond donors (Lipinski definition) is 2. The van der Waals surface area contributed by atoms with Crippen LogP contribution in [0.25, 0.3) is 0 Å². The predicted octanol–water partition coefficient (Wildman–Crippen LogP) is 0.825. The first kappa shape index (κ1) is 17.4. The topological polar surface area (TPSA) is 64.6 Å². The maximum absolute atomic E-state index is 10.8. The number of ether oxygens (including phenoxy) is 2. The van der Waals surface area contributed by atoms with E-state index < -0.39 is 0 Å². The van der Waals surface area contributed by atoms with Gasteiger partial charge in [0.25, 0.3) is 0 Å². The number of carbonyl (C=O) groups excluding carboxylic acids is 2. The van der Waals surface area contributed by atoms with Crippen LogP contribution < -0.4 is 5.32 Å². The Morgan fingerprint density at radius 1 is 1.06 bits per heavy atom. The SMILES string of the molecule is O=CCCOCCOCCCCCNC(=O)CS. The number of nitrogens with one attached hydrogen (secondary N) is 1. The molecule has 0 aliphatic carbocycles. The van der Waals surface area contributed by atoms with Gasteiger partial charge in [0.1, 0.15) is 6.29 Å². The first-order chi connectivity index (χ1) is 8.81. The van der Waals surface area contributed by atoms with Crippen molar-refractivity contribution in [2.24, 2.45) is 0 Å². The minimum Gasteiger partial charge on any atom is -0.379 e. The molecule has 0 bridgehead atoms. The summed E-state index contributed by atoms with van der Waals surface area (Å²) in [5.74, 6) is 0.217. The lowest BCUT2D eigenvalue weighted by Crippen LogP contribution is -2.25. The Morgan fingerprint density at radius 3 is 2.44 bits per heavy atom. The van der Waals surface area contributed by atoms with Crippen LogP contribution in [0, 0.1) is 0 Å². The number of unbranched alkanes of at least 4 members (excludes halogenated alkanes) is 2. The maximum atomic E-state index is 10.8. The summed E-state index contributed by atoms with van der Waals surface area (Å²) in [6.45, 7) is 2.98. The van der Waals surface area contributed by atoms with Crippen molar-refractivity contribution < 1.29 is 19.1 Å². The Morgan fingerprint density at radius 2 is 1.78 bits per heavy atom. The molecule has 18 heavy (non-hydrogen) atoms. The average molecular weight is 277 g/mol. The molecule has 0 saturated carbocycles. The Bertz CT molecular complexity index is 214. The number of thiol groups is 1. The van der Waals surface area contributed by atoms with Gasteiger partial charge in [-0.2, -0.15) is 12.6 Å². The van der Waals surface area contributed by atoms with Gasteiger partial charge in [-0.25, -0.2) is 0 Å². The monoisotopic (exact) mass is 277 g/mol. The summed E-state index contributed by atoms with van der Waals surface area (Å²) >= 11 is 3.86. The molecule has 0 aromatic rings. The molecule has 0 aromatic heterocycles. The van der Waals surface area contributed by atoms with E-state index in [4.69, 9.17) is 9.47 Å². The summed E-state index contributed by atoms with van der Waals surface area (Å²) in [5, 5.41) is 2.76. The van der Waals surface area contributed by atoms with E-state index in [1.807, 2.05) is 0 Å². The van der Waals surface area contributed by atoms with Crippen molar-refractivity contribution in [3.8, 4) is 0 Å². The summed E-state index contributed by atoms with van der Waals surface area (Å²) in [7, 11) is 0. The highest BCUT2D eigenvalue weighted by Crippen LogP contribution is 1.95. The van der Waals surface area contributed by atoms with Gasteiger partial charge in [-0.1, -0.05) is 0 Å². The summed E-state index contributed by atoms with van der Waals surface area (Å²) in [6, 6.07) is 0. The standard InChI is InChI=1S/C12H23NO4S/c14-6-4-8-17-10-9-16-7-3-1-2-5-13-12(15)11-18/h6,18H,1-5,7-11H2,(H,13,15). The first-order valence-electron chi connectivity index (χ1n) is 6.28. The molecule has 6 heteroatoms. The molecular formula is C12H23NO4S. The average Bonchev–Trinajstić information content (AvgIpc) is 2.39. The molecule has 0 atom stereocenters. The number of carbonyl (C=O) groups is 2. The molecule has 0 radical (unpaired) electrons. The zero-order chi connectivity index (χ0) is 13.5. The molecule has 1 amide bonds. The van der Waals surface area contributed by atoms with Gasteiger partial charge in [0.05, 0.1) is 25.6 Å². The largest absolute Gasteiger partial charge is 0.379 e. The van der Waals surface area contributed by atoms with Crippen LogP contribution in [0.3, 0.4) is 0 Å². The van der Waals surface area contributed by atoms with Crippen molar-refractivity contribution in [1.29, 1.82) is 0 Å². The summed E-state index contributed by atoms with van der Waals surface area (Å²) in [5.41, 5.74) is 0. The van der Waals surface area contributed by atoms with E-state index in [2.05, 4.69) is 17.9 Å². The second-order valence-electron chi connectivity index (χ2n) is 3.75. The molecule has 0 spiro atoms. The molecule has 0 saturated heterocycles. The molecule has 5 nitrogen and oxygen atoms in total. The molecule has 0 heterocycles. The van der Waals surface area contributed by atoms with Gasteiger partial charge < -0.3 is 19.6 Å². The van der Waals surface area contributed by atoms with Gasteiger partial charge in [0, 0.05) is 19.6 Å². The predicted molar refractivity (Wildman–Crippen MR) is 73.0 cm³/mol. The number of amides is 1. The normalized spacial score (nSPS) is 10.3. The van der Waals surface area contributed by atoms with Gasteiger partial charge in [0.2, 0.25) is 5.91 Å². The second-order valence-corrected chi connectivity index (χ2v) is 4.07. The van der Waals surface area contributed by atoms with Crippen LogP contribution in [0.4, 0.5) is 0 Å². The molecule has 0 fully saturated rings. The van der Waals surface area contributed by atoms with E-state index in [0.717, 1.165) is 25.5 Å². The van der Waals surface area contributed by atoms with Gasteiger partial charge in [-0.05, 0) is 19.3 Å². The summed E-state index contributed by atoms with van der Waals surface area (Å²) in [6.07, 6.45) is 4.24. The van der Waals surface area contributed by atoms with E-state index in [1.165, 1.54) is 0 Å². The van der Waals surface area contributed by atoms with E-state index in [1.54, 1.807) is 0 Å². The lowest BCUT2D eigenvalue weighted by atomic mass is 10.2. The molecule has 106 valence electrons. The van der Waals surface area contributed by atoms with E-state index >= 15 is 0 Å². The fraction of sp³-hybridized carbons (Fsp3) is 0.833. The fourth-order valence-electron chi connectivity index (χ4n) is 1.24. The van der Waals surface area contributed by atoms with Crippen LogP contribution in [-0.2, 0) is 19.1 Å². The van der Waals surface area contributed by atoms with Crippen molar-refractivity contribution in [3.05, 3.63) is 0 Å². The minimum absolute atomic E-state index is 0.0259. The molecular weight excluding hydrogens is 254 g/mol. The lowest BCUT2D eigenvalue weighted by molar-refractivity contribution is -0.118. The zero-order valence-corrected chi connectivity index (χ0v) is 11.6. The van der Waals surface area contributed by atoms with Gasteiger partial charge in [0.15, 0.2) is 0 Å². The second kappa shape index (κ2) is 14.5. The van der Waals surface area contributed by atoms with E-state index in [0.29, 0.717) is 39.4 Å². The third kappa shape index (κ3) is 13.5. The lowest BCUT2D eigenvalue weighted by Gasteiger charge is -2.05. The smallest absolute Gasteiger partial charge is 0.229 e. The molecule has 0 rings (SSSR count). The quantitative estimate of drug-likeness (QED) is 0.297. The van der Waals surface area contributed by atoms with Crippen LogP contribution in [0.2, 0.25) is 0 Å². The van der Waals surface area contributed by atoms with Gasteiger partial charge in [-0.3, -0.25) is 4.79 Å². The van der Waals surface area contributed by atoms with Crippen molar-refractivity contribution >= 4 is 24.8 Å². The Hall–Kier alpha value is -0.590. The van der Waals surface area contributed by atoms with Crippen molar-refractivity contribution in [2.45, 2.75) is 25.7 Å². The Labute approximate surface area is 114 Å². The van der Waals surface area contributed by atoms with Crippen LogP contribution >= 0.6 is 12.6 Å². The number of rotatable bonds is 13. The highest BCUT2D eigenvalue weighted by atomic mass is 32.1. The third-order valence-electron chi connectivity index (χ3n) is 2.18. The fourth-order valence-corrected chi connectivity index (χ4v) is 1.35. The van der Waals surface area contributed by atoms with Crippen LogP contribution in [0.1, 0.15) is 25.7 Å². The van der Waals surface area contributed by atoms with Gasteiger partial charge >= 0.3 is 0 Å². The summed E-state index contributed by atoms with van der Waals surface area (Å²) < 4.78 is 10.5. The Balaban J connectivity index is 2.98. The van der Waals surface area contributed by atoms with Crippen molar-refractivity contribution in [3.63, 3.8) is 0 Å². The van der Waals surface area contributed by atoms with Crippen LogP contribution in [0.5, 0.6) is 0 Å². The molecule has 0 aliphatic rings. The molecule has 0 unspecified atom stereocenters. The molecule has 0 aromatic carbocycles. The highest BCUT2D eigenvalue weighted by Gasteiger charge is 1.96. The van der Waals surface area contributed by atoms with Crippen molar-refractivity contribution in [1.82, 2.24) is 5.32 Å². The number of aldehydes is 1. The number of hydrogen-bond acceptors (Lipinski definition) is 5. The molecule has 1 N–H and O–H groups in total. The minimum atomic E-state index is -0.0259. The van der Waals surface area contributed by atoms with Crippen LogP contribution in [-0.4, -0.2) is 50.9 Å². The first-order valence-corrected chi connectivity index (χ1v) is 6.91. The van der Waals surface area contributed by atoms with Gasteiger partial charge in [-0.15, -0.1) is 0 Å². The van der Waals surface area contributed by atoms with Crippen molar-refractivity contribution in [2.75, 3.05) is 38.7 Å². The summed E-state index contributed by atoms with van der Waals surface area (Å²) in [4.78, 5) is 20.8. The van der Waals surface area contributed by atoms with E-state index in [-0.39, 0.29) is 11.7 Å². The van der Waals surface area contributed by atoms with E-state index in [9.17, 15) is 9.59 Å². The Kier molecular flexibility index (Phi) is 14.0.